The molecule has 3 rings (SSSR count). The van der Waals surface area contributed by atoms with Gasteiger partial charge in [0, 0.05) is 11.6 Å². The third-order valence-electron chi connectivity index (χ3n) is 3.89. The molecule has 0 spiro atoms. The van der Waals surface area contributed by atoms with Crippen LogP contribution in [-0.2, 0) is 6.54 Å². The van der Waals surface area contributed by atoms with E-state index in [1.165, 1.54) is 0 Å². The Morgan fingerprint density at radius 2 is 1.75 bits per heavy atom. The zero-order valence-electron chi connectivity index (χ0n) is 13.8. The number of halogens is 2. The fourth-order valence-corrected chi connectivity index (χ4v) is 2.98. The topological polar surface area (TPSA) is 30.2 Å². The van der Waals surface area contributed by atoms with E-state index in [1.807, 2.05) is 67.2 Å². The predicted octanol–water partition coefficient (Wildman–Crippen LogP) is 3.82. The predicted molar refractivity (Wildman–Crippen MR) is 103 cm³/mol. The van der Waals surface area contributed by atoms with Crippen LogP contribution in [0.1, 0.15) is 6.42 Å². The molecule has 0 aliphatic rings. The van der Waals surface area contributed by atoms with Crippen molar-refractivity contribution in [2.75, 3.05) is 20.6 Å². The lowest BCUT2D eigenvalue weighted by molar-refractivity contribution is 0.386. The van der Waals surface area contributed by atoms with Crippen molar-refractivity contribution < 1.29 is 0 Å². The Labute approximate surface area is 152 Å². The molecule has 0 aliphatic heterocycles. The van der Waals surface area contributed by atoms with Crippen molar-refractivity contribution in [2.24, 2.45) is 0 Å². The maximum atomic E-state index is 12.9. The molecule has 0 radical (unpaired) electrons. The number of nitrogens with zero attached hydrogens (tertiary/aromatic N) is 3. The fraction of sp³-hybridized carbons (Fsp3) is 0.278. The first kappa shape index (κ1) is 18.6. The number of imidazole rings is 1. The number of hydrogen-bond acceptors (Lipinski definition) is 2. The van der Waals surface area contributed by atoms with Crippen LogP contribution in [0.3, 0.4) is 0 Å². The first-order chi connectivity index (χ1) is 11.1. The summed E-state index contributed by atoms with van der Waals surface area (Å²) in [7, 11) is 4.07. The minimum atomic E-state index is -0.0211. The highest BCUT2D eigenvalue weighted by molar-refractivity contribution is 6.31. The van der Waals surface area contributed by atoms with Crippen LogP contribution in [0.15, 0.2) is 53.3 Å². The van der Waals surface area contributed by atoms with Gasteiger partial charge in [-0.3, -0.25) is 9.13 Å². The SMILES string of the molecule is CN(C)CCCn1c(=O)n(-c2ccccc2)c2cc(Cl)ccc21.Cl. The number of aryl methyl sites for hydroxylation is 1. The Bertz CT molecular complexity index is 869. The van der Waals surface area contributed by atoms with Gasteiger partial charge in [-0.15, -0.1) is 12.4 Å². The average molecular weight is 366 g/mol. The van der Waals surface area contributed by atoms with E-state index in [4.69, 9.17) is 11.6 Å². The summed E-state index contributed by atoms with van der Waals surface area (Å²) in [6.07, 6.45) is 0.920. The molecule has 0 bridgehead atoms. The number of rotatable bonds is 5. The minimum Gasteiger partial charge on any atom is -0.309 e. The Balaban J connectivity index is 0.00000208. The van der Waals surface area contributed by atoms with Gasteiger partial charge in [0.25, 0.3) is 0 Å². The van der Waals surface area contributed by atoms with Crippen molar-refractivity contribution in [1.29, 1.82) is 0 Å². The summed E-state index contributed by atoms with van der Waals surface area (Å²) in [6.45, 7) is 1.63. The molecule has 0 N–H and O–H groups in total. The summed E-state index contributed by atoms with van der Waals surface area (Å²) in [5, 5.41) is 0.632. The summed E-state index contributed by atoms with van der Waals surface area (Å²) in [4.78, 5) is 15.1. The molecule has 6 heteroatoms. The maximum Gasteiger partial charge on any atom is 0.333 e. The second-order valence-electron chi connectivity index (χ2n) is 5.90. The number of para-hydroxylation sites is 1. The molecular weight excluding hydrogens is 345 g/mol. The first-order valence-corrected chi connectivity index (χ1v) is 8.06. The van der Waals surface area contributed by atoms with Gasteiger partial charge in [-0.2, -0.15) is 0 Å². The minimum absolute atomic E-state index is 0. The van der Waals surface area contributed by atoms with Gasteiger partial charge in [0.15, 0.2) is 0 Å². The van der Waals surface area contributed by atoms with E-state index in [0.717, 1.165) is 29.7 Å². The summed E-state index contributed by atoms with van der Waals surface area (Å²) in [5.74, 6) is 0. The van der Waals surface area contributed by atoms with Crippen molar-refractivity contribution in [3.05, 3.63) is 64.0 Å². The standard InChI is InChI=1S/C18H20ClN3O.ClH/c1-20(2)11-6-12-21-16-10-9-14(19)13-17(16)22(18(21)23)15-7-4-3-5-8-15;/h3-5,7-10,13H,6,11-12H2,1-2H3;1H. The number of aromatic nitrogens is 2. The first-order valence-electron chi connectivity index (χ1n) is 7.69. The molecule has 0 amide bonds. The van der Waals surface area contributed by atoms with Gasteiger partial charge in [-0.1, -0.05) is 29.8 Å². The van der Waals surface area contributed by atoms with E-state index in [9.17, 15) is 4.79 Å². The third-order valence-corrected chi connectivity index (χ3v) is 4.13. The number of benzene rings is 2. The van der Waals surface area contributed by atoms with E-state index >= 15 is 0 Å². The molecule has 3 aromatic rings. The molecule has 0 saturated carbocycles. The van der Waals surface area contributed by atoms with Gasteiger partial charge in [-0.05, 0) is 57.4 Å². The van der Waals surface area contributed by atoms with Gasteiger partial charge in [-0.25, -0.2) is 4.79 Å². The monoisotopic (exact) mass is 365 g/mol. The summed E-state index contributed by atoms with van der Waals surface area (Å²) in [6, 6.07) is 15.3. The molecule has 4 nitrogen and oxygen atoms in total. The molecule has 24 heavy (non-hydrogen) atoms. The van der Waals surface area contributed by atoms with E-state index in [1.54, 1.807) is 4.57 Å². The third kappa shape index (κ3) is 3.66. The molecule has 1 heterocycles. The molecule has 0 fully saturated rings. The van der Waals surface area contributed by atoms with Crippen molar-refractivity contribution in [2.45, 2.75) is 13.0 Å². The quantitative estimate of drug-likeness (QED) is 0.687. The highest BCUT2D eigenvalue weighted by Crippen LogP contribution is 2.21. The smallest absolute Gasteiger partial charge is 0.309 e. The van der Waals surface area contributed by atoms with Crippen LogP contribution in [0, 0.1) is 0 Å². The lowest BCUT2D eigenvalue weighted by Gasteiger charge is -2.09. The lowest BCUT2D eigenvalue weighted by atomic mass is 10.2. The van der Waals surface area contributed by atoms with Crippen LogP contribution in [-0.4, -0.2) is 34.7 Å². The molecule has 0 saturated heterocycles. The van der Waals surface area contributed by atoms with Gasteiger partial charge < -0.3 is 4.90 Å². The van der Waals surface area contributed by atoms with Gasteiger partial charge in [0.2, 0.25) is 0 Å². The fourth-order valence-electron chi connectivity index (χ4n) is 2.82. The van der Waals surface area contributed by atoms with Crippen LogP contribution in [0.2, 0.25) is 5.02 Å². The largest absolute Gasteiger partial charge is 0.333 e. The maximum absolute atomic E-state index is 12.9. The normalized spacial score (nSPS) is 11.0. The van der Waals surface area contributed by atoms with Gasteiger partial charge >= 0.3 is 5.69 Å². The Morgan fingerprint density at radius 3 is 2.42 bits per heavy atom. The molecule has 128 valence electrons. The average Bonchev–Trinajstić information content (AvgIpc) is 2.79. The molecule has 0 unspecified atom stereocenters. The summed E-state index contributed by atoms with van der Waals surface area (Å²) >= 11 is 6.15. The van der Waals surface area contributed by atoms with E-state index < -0.39 is 0 Å². The van der Waals surface area contributed by atoms with Crippen molar-refractivity contribution in [3.63, 3.8) is 0 Å². The second-order valence-corrected chi connectivity index (χ2v) is 6.33. The zero-order chi connectivity index (χ0) is 16.4. The second kappa shape index (κ2) is 7.88. The summed E-state index contributed by atoms with van der Waals surface area (Å²) < 4.78 is 3.57. The Morgan fingerprint density at radius 1 is 1.04 bits per heavy atom. The number of hydrogen-bond donors (Lipinski definition) is 0. The van der Waals surface area contributed by atoms with Crippen LogP contribution >= 0.6 is 24.0 Å². The van der Waals surface area contributed by atoms with E-state index in [2.05, 4.69) is 4.90 Å². The van der Waals surface area contributed by atoms with Crippen molar-refractivity contribution in [1.82, 2.24) is 14.0 Å². The Kier molecular flexibility index (Phi) is 6.10. The number of fused-ring (bicyclic) bond motifs is 1. The van der Waals surface area contributed by atoms with Crippen LogP contribution in [0.5, 0.6) is 0 Å². The zero-order valence-corrected chi connectivity index (χ0v) is 15.3. The van der Waals surface area contributed by atoms with Crippen LogP contribution < -0.4 is 5.69 Å². The molecule has 0 aliphatic carbocycles. The molecule has 2 aromatic carbocycles. The van der Waals surface area contributed by atoms with E-state index in [0.29, 0.717) is 11.6 Å². The highest BCUT2D eigenvalue weighted by Gasteiger charge is 2.14. The summed E-state index contributed by atoms with van der Waals surface area (Å²) in [5.41, 5.74) is 2.60. The molecular formula is C18H21Cl2N3O. The lowest BCUT2D eigenvalue weighted by Crippen LogP contribution is -2.25. The van der Waals surface area contributed by atoms with Crippen LogP contribution in [0.4, 0.5) is 0 Å². The van der Waals surface area contributed by atoms with Gasteiger partial charge in [0.1, 0.15) is 0 Å². The Hall–Kier alpha value is -1.75. The highest BCUT2D eigenvalue weighted by atomic mass is 35.5. The molecule has 0 atom stereocenters. The van der Waals surface area contributed by atoms with Crippen LogP contribution in [0.25, 0.3) is 16.7 Å². The van der Waals surface area contributed by atoms with Crippen molar-refractivity contribution >= 4 is 35.0 Å². The van der Waals surface area contributed by atoms with Gasteiger partial charge in [0.05, 0.1) is 16.7 Å². The molecule has 1 aromatic heterocycles. The van der Waals surface area contributed by atoms with Crippen molar-refractivity contribution in [3.8, 4) is 5.69 Å². The van der Waals surface area contributed by atoms with E-state index in [-0.39, 0.29) is 18.1 Å².